The van der Waals surface area contributed by atoms with Crippen LogP contribution in [0.3, 0.4) is 0 Å². The molecule has 0 aliphatic heterocycles. The van der Waals surface area contributed by atoms with E-state index in [-0.39, 0.29) is 0 Å². The third-order valence-electron chi connectivity index (χ3n) is 0.167. The molecular weight excluding hydrogens is 104 g/mol. The number of hydrogen-bond donors (Lipinski definition) is 0. The molecule has 8 heavy (non-hydrogen) atoms. The predicted octanol–water partition coefficient (Wildman–Crippen LogP) is 1.36. The van der Waals surface area contributed by atoms with Gasteiger partial charge in [-0.2, -0.15) is 0 Å². The van der Waals surface area contributed by atoms with Gasteiger partial charge in [-0.15, -0.1) is 13.2 Å². The molecule has 0 aliphatic carbocycles. The molecule has 0 rings (SSSR count). The average Bonchev–Trinajstić information content (AvgIpc) is 1.96. The van der Waals surface area contributed by atoms with E-state index >= 15 is 0 Å². The molecule has 0 aromatic carbocycles. The average molecular weight is 114 g/mol. The second-order valence-electron chi connectivity index (χ2n) is 0.575. The van der Waals surface area contributed by atoms with Gasteiger partial charge in [-0.3, -0.25) is 0 Å². The van der Waals surface area contributed by atoms with Gasteiger partial charge in [0.2, 0.25) is 0 Å². The summed E-state index contributed by atoms with van der Waals surface area (Å²) in [5, 5.41) is 0. The molecule has 0 fully saturated rings. The molecule has 0 heterocycles. The zero-order valence-electron chi connectivity index (χ0n) is 5.02. The molecule has 2 nitrogen and oxygen atoms in total. The first kappa shape index (κ1) is 15.7. The van der Waals surface area contributed by atoms with E-state index in [0.29, 0.717) is 6.42 Å². The van der Waals surface area contributed by atoms with E-state index in [0.717, 1.165) is 6.29 Å². The van der Waals surface area contributed by atoms with Crippen molar-refractivity contribution in [2.75, 3.05) is 0 Å². The molecular formula is C6H10O2. The zero-order valence-corrected chi connectivity index (χ0v) is 5.02. The number of carbonyl (C=O) groups excluding carboxylic acids is 1. The minimum absolute atomic E-state index is 0.639. The summed E-state index contributed by atoms with van der Waals surface area (Å²) >= 11 is 0. The molecule has 0 N–H and O–H groups in total. The molecule has 0 radical (unpaired) electrons. The topological polar surface area (TPSA) is 37.0 Å². The van der Waals surface area contributed by atoms with Crippen LogP contribution in [0.15, 0.2) is 13.2 Å². The van der Waals surface area contributed by atoms with Crippen molar-refractivity contribution in [1.29, 1.82) is 0 Å². The van der Waals surface area contributed by atoms with Gasteiger partial charge in [0.25, 0.3) is 0 Å². The van der Waals surface area contributed by atoms with Crippen LogP contribution in [-0.4, -0.2) is 6.29 Å². The first-order valence-corrected chi connectivity index (χ1v) is 2.06. The van der Waals surface area contributed by atoms with Crippen LogP contribution >= 0.6 is 0 Å². The molecule has 0 spiro atoms. The van der Waals surface area contributed by atoms with Gasteiger partial charge in [0, 0.05) is 6.42 Å². The summed E-state index contributed by atoms with van der Waals surface area (Å²) in [6, 6.07) is 0. The zero-order chi connectivity index (χ0) is 7.41. The summed E-state index contributed by atoms with van der Waals surface area (Å²) < 4.78 is 7.50. The van der Waals surface area contributed by atoms with E-state index in [9.17, 15) is 4.79 Å². The first-order chi connectivity index (χ1) is 3.91. The fourth-order valence-electron chi connectivity index (χ4n) is 0. The fraction of sp³-hybridized carbons (Fsp3) is 0.333. The monoisotopic (exact) mass is 114 g/mol. The van der Waals surface area contributed by atoms with Crippen LogP contribution < -0.4 is 0 Å². The van der Waals surface area contributed by atoms with E-state index in [1.165, 1.54) is 0 Å². The minimum atomic E-state index is 0.639. The van der Waals surface area contributed by atoms with E-state index in [1.54, 1.807) is 0 Å². The van der Waals surface area contributed by atoms with Gasteiger partial charge in [-0.05, 0) is 0 Å². The SMILES string of the molecule is C=C.CCC=O.[C-]#[O+]. The van der Waals surface area contributed by atoms with Crippen molar-refractivity contribution < 1.29 is 9.45 Å². The maximum absolute atomic E-state index is 9.17. The summed E-state index contributed by atoms with van der Waals surface area (Å²) in [6.07, 6.45) is 1.51. The van der Waals surface area contributed by atoms with Crippen molar-refractivity contribution >= 4 is 6.29 Å². The van der Waals surface area contributed by atoms with Crippen LogP contribution in [0.2, 0.25) is 0 Å². The Morgan fingerprint density at radius 3 is 1.75 bits per heavy atom. The van der Waals surface area contributed by atoms with Crippen molar-refractivity contribution in [2.24, 2.45) is 0 Å². The van der Waals surface area contributed by atoms with E-state index < -0.39 is 0 Å². The van der Waals surface area contributed by atoms with Crippen molar-refractivity contribution in [1.82, 2.24) is 0 Å². The third-order valence-corrected chi connectivity index (χ3v) is 0.167. The Morgan fingerprint density at radius 2 is 1.75 bits per heavy atom. The molecule has 0 saturated heterocycles. The van der Waals surface area contributed by atoms with Crippen molar-refractivity contribution in [2.45, 2.75) is 13.3 Å². The van der Waals surface area contributed by atoms with Gasteiger partial charge in [0.15, 0.2) is 0 Å². The third kappa shape index (κ3) is 3940. The molecule has 2 heteroatoms. The normalized spacial score (nSPS) is 3.88. The summed E-state index contributed by atoms with van der Waals surface area (Å²) in [5.41, 5.74) is 0. The summed E-state index contributed by atoms with van der Waals surface area (Å²) in [4.78, 5) is 9.17. The van der Waals surface area contributed by atoms with Gasteiger partial charge in [0.05, 0.1) is 0 Å². The van der Waals surface area contributed by atoms with Crippen LogP contribution in [0, 0.1) is 6.65 Å². The van der Waals surface area contributed by atoms with Crippen LogP contribution in [-0.2, 0) is 9.45 Å². The predicted molar refractivity (Wildman–Crippen MR) is 31.5 cm³/mol. The fourth-order valence-corrected chi connectivity index (χ4v) is 0. The Kier molecular flexibility index (Phi) is 242. The van der Waals surface area contributed by atoms with E-state index in [2.05, 4.69) is 19.8 Å². The summed E-state index contributed by atoms with van der Waals surface area (Å²) in [7, 11) is 0. The molecule has 0 aliphatic rings. The number of hydrogen-bond acceptors (Lipinski definition) is 1. The molecule has 0 bridgehead atoms. The van der Waals surface area contributed by atoms with Gasteiger partial charge in [0.1, 0.15) is 6.29 Å². The molecule has 0 aromatic heterocycles. The van der Waals surface area contributed by atoms with E-state index in [1.807, 2.05) is 6.92 Å². The van der Waals surface area contributed by atoms with Crippen LogP contribution in [0.1, 0.15) is 13.3 Å². The van der Waals surface area contributed by atoms with Gasteiger partial charge >= 0.3 is 11.3 Å². The quantitative estimate of drug-likeness (QED) is 0.219. The Balaban J connectivity index is -0.0000000542. The Hall–Kier alpha value is -0.850. The number of carbonyl (C=O) groups is 1. The summed E-state index contributed by atoms with van der Waals surface area (Å²) in [6.45, 7) is 12.3. The van der Waals surface area contributed by atoms with Gasteiger partial charge in [-0.25, -0.2) is 0 Å². The summed E-state index contributed by atoms with van der Waals surface area (Å²) in [5.74, 6) is 0. The van der Waals surface area contributed by atoms with E-state index in [4.69, 9.17) is 4.65 Å². The van der Waals surface area contributed by atoms with Crippen LogP contribution in [0.4, 0.5) is 0 Å². The maximum atomic E-state index is 9.17. The Labute approximate surface area is 49.9 Å². The van der Waals surface area contributed by atoms with Crippen molar-refractivity contribution in [3.05, 3.63) is 19.8 Å². The Morgan fingerprint density at radius 1 is 1.62 bits per heavy atom. The van der Waals surface area contributed by atoms with Crippen LogP contribution in [0.5, 0.6) is 0 Å². The Bertz CT molecular complexity index is 47.7. The molecule has 0 amide bonds. The molecule has 0 unspecified atom stereocenters. The standard InChI is InChI=1S/C3H6O.C2H4.CO/c1-2-3-4;2*1-2/h3H,2H2,1H3;1-2H2;. The van der Waals surface area contributed by atoms with Gasteiger partial charge in [-0.1, -0.05) is 6.92 Å². The first-order valence-electron chi connectivity index (χ1n) is 2.06. The molecule has 46 valence electrons. The number of rotatable bonds is 1. The molecule has 0 aromatic rings. The van der Waals surface area contributed by atoms with Gasteiger partial charge < -0.3 is 4.79 Å². The molecule has 0 saturated carbocycles. The van der Waals surface area contributed by atoms with Crippen molar-refractivity contribution in [3.63, 3.8) is 0 Å². The second kappa shape index (κ2) is 123. The van der Waals surface area contributed by atoms with Crippen molar-refractivity contribution in [3.8, 4) is 0 Å². The second-order valence-corrected chi connectivity index (χ2v) is 0.575. The molecule has 0 atom stereocenters. The van der Waals surface area contributed by atoms with Crippen LogP contribution in [0.25, 0.3) is 0 Å². The number of aldehydes is 1.